The maximum absolute atomic E-state index is 13.2. The van der Waals surface area contributed by atoms with Crippen LogP contribution in [0.3, 0.4) is 0 Å². The van der Waals surface area contributed by atoms with Gasteiger partial charge in [0.1, 0.15) is 18.1 Å². The van der Waals surface area contributed by atoms with E-state index >= 15 is 0 Å². The number of carbonyl (C=O) groups is 6. The second kappa shape index (κ2) is 21.0. The van der Waals surface area contributed by atoms with Gasteiger partial charge >= 0.3 is 35.8 Å². The Hall–Kier alpha value is -4.15. The maximum Gasteiger partial charge on any atom is 0.323 e. The van der Waals surface area contributed by atoms with Gasteiger partial charge < -0.3 is 28.4 Å². The molecular weight excluding hydrogens is 632 g/mol. The summed E-state index contributed by atoms with van der Waals surface area (Å²) in [5, 5.41) is 0. The number of carbonyl (C=O) groups excluding carboxylic acids is 6. The van der Waals surface area contributed by atoms with Gasteiger partial charge in [-0.15, -0.1) is 0 Å². The number of aromatic nitrogens is 1. The molecule has 0 spiro atoms. The standard InChI is InChI=1S/C32H48N4O12/c1-43-27(37)13-10-24(30(40)46-4)34-16-18-35(25(31(41)47-5)11-14-28(38)44-2)20-22-8-7-9-23(33-22)21-36(19-17-34)26(32(42)48-6)12-15-29(39)45-3/h7-9,24-26H,10-21H2,1-6H3/t24-,25-,26-/m1/s1. The summed E-state index contributed by atoms with van der Waals surface area (Å²) < 4.78 is 29.8. The van der Waals surface area contributed by atoms with Gasteiger partial charge in [0.2, 0.25) is 0 Å². The first-order valence-corrected chi connectivity index (χ1v) is 15.6. The predicted octanol–water partition coefficient (Wildman–Crippen LogP) is 0.486. The van der Waals surface area contributed by atoms with Crippen molar-refractivity contribution in [3.05, 3.63) is 29.6 Å². The number of pyridine rings is 1. The van der Waals surface area contributed by atoms with E-state index in [0.717, 1.165) is 0 Å². The minimum absolute atomic E-state index is 0.0384. The van der Waals surface area contributed by atoms with Gasteiger partial charge in [0.15, 0.2) is 0 Å². The maximum atomic E-state index is 13.2. The molecular formula is C32H48N4O12. The molecule has 0 N–H and O–H groups in total. The molecule has 0 saturated carbocycles. The smallest absolute Gasteiger partial charge is 0.323 e. The summed E-state index contributed by atoms with van der Waals surface area (Å²) in [7, 11) is 7.57. The Morgan fingerprint density at radius 1 is 0.542 bits per heavy atom. The topological polar surface area (TPSA) is 180 Å². The van der Waals surface area contributed by atoms with E-state index in [1.54, 1.807) is 12.1 Å². The molecule has 16 heteroatoms. The van der Waals surface area contributed by atoms with Gasteiger partial charge in [-0.1, -0.05) is 6.07 Å². The normalized spacial score (nSPS) is 16.5. The first-order valence-electron chi connectivity index (χ1n) is 15.6. The molecule has 3 atom stereocenters. The minimum Gasteiger partial charge on any atom is -0.469 e. The van der Waals surface area contributed by atoms with E-state index in [4.69, 9.17) is 33.4 Å². The summed E-state index contributed by atoms with van der Waals surface area (Å²) in [6.07, 6.45) is 0.147. The van der Waals surface area contributed by atoms with E-state index in [1.807, 2.05) is 20.8 Å². The Morgan fingerprint density at radius 2 is 0.854 bits per heavy atom. The highest BCUT2D eigenvalue weighted by Gasteiger charge is 2.34. The highest BCUT2D eigenvalue weighted by atomic mass is 16.5. The molecule has 1 aromatic rings. The number of rotatable bonds is 15. The quantitative estimate of drug-likeness (QED) is 0.184. The number of esters is 6. The van der Waals surface area contributed by atoms with E-state index in [0.29, 0.717) is 11.4 Å². The van der Waals surface area contributed by atoms with Crippen LogP contribution in [-0.2, 0) is 70.3 Å². The molecule has 0 amide bonds. The Kier molecular flexibility index (Phi) is 17.5. The van der Waals surface area contributed by atoms with Crippen molar-refractivity contribution < 1.29 is 57.2 Å². The van der Waals surface area contributed by atoms with Crippen molar-refractivity contribution in [2.24, 2.45) is 0 Å². The second-order valence-corrected chi connectivity index (χ2v) is 11.1. The summed E-state index contributed by atoms with van der Waals surface area (Å²) in [6, 6.07) is 2.80. The molecule has 1 aliphatic heterocycles. The van der Waals surface area contributed by atoms with Crippen LogP contribution in [0.2, 0.25) is 0 Å². The molecule has 2 heterocycles. The molecule has 0 aromatic carbocycles. The predicted molar refractivity (Wildman–Crippen MR) is 168 cm³/mol. The number of methoxy groups -OCH3 is 6. The number of fused-ring (bicyclic) bond motifs is 2. The fourth-order valence-corrected chi connectivity index (χ4v) is 5.58. The molecule has 0 saturated heterocycles. The first-order chi connectivity index (χ1) is 23.0. The zero-order chi connectivity index (χ0) is 35.6. The van der Waals surface area contributed by atoms with Crippen LogP contribution >= 0.6 is 0 Å². The van der Waals surface area contributed by atoms with Crippen molar-refractivity contribution in [1.29, 1.82) is 0 Å². The zero-order valence-electron chi connectivity index (χ0n) is 28.6. The lowest BCUT2D eigenvalue weighted by Gasteiger charge is -2.37. The van der Waals surface area contributed by atoms with Crippen LogP contribution in [-0.4, -0.2) is 142 Å². The number of hydrogen-bond acceptors (Lipinski definition) is 16. The van der Waals surface area contributed by atoms with Gasteiger partial charge in [-0.2, -0.15) is 0 Å². The number of ether oxygens (including phenoxy) is 6. The summed E-state index contributed by atoms with van der Waals surface area (Å²) in [6.45, 7) is 1.17. The van der Waals surface area contributed by atoms with Gasteiger partial charge in [0.25, 0.3) is 0 Å². The van der Waals surface area contributed by atoms with Crippen LogP contribution < -0.4 is 0 Å². The van der Waals surface area contributed by atoms with Crippen molar-refractivity contribution in [3.63, 3.8) is 0 Å². The third-order valence-electron chi connectivity index (χ3n) is 8.23. The van der Waals surface area contributed by atoms with Crippen LogP contribution in [0, 0.1) is 0 Å². The average Bonchev–Trinajstić information content (AvgIpc) is 3.10. The molecule has 268 valence electrons. The molecule has 48 heavy (non-hydrogen) atoms. The average molecular weight is 681 g/mol. The number of hydrogen-bond donors (Lipinski definition) is 0. The van der Waals surface area contributed by atoms with Crippen LogP contribution in [0.15, 0.2) is 18.2 Å². The van der Waals surface area contributed by atoms with Crippen molar-refractivity contribution >= 4 is 35.8 Å². The van der Waals surface area contributed by atoms with Crippen LogP contribution in [0.5, 0.6) is 0 Å². The third-order valence-corrected chi connectivity index (χ3v) is 8.23. The fourth-order valence-electron chi connectivity index (χ4n) is 5.58. The number of nitrogens with zero attached hydrogens (tertiary/aromatic N) is 4. The van der Waals surface area contributed by atoms with Crippen molar-refractivity contribution in [2.45, 2.75) is 69.7 Å². The lowest BCUT2D eigenvalue weighted by Crippen LogP contribution is -2.52. The first kappa shape index (κ1) is 40.0. The molecule has 0 aliphatic carbocycles. The second-order valence-electron chi connectivity index (χ2n) is 11.1. The molecule has 1 aliphatic rings. The van der Waals surface area contributed by atoms with E-state index in [9.17, 15) is 28.8 Å². The van der Waals surface area contributed by atoms with Gasteiger partial charge in [0.05, 0.1) is 54.0 Å². The highest BCUT2D eigenvalue weighted by molar-refractivity contribution is 5.78. The lowest BCUT2D eigenvalue weighted by molar-refractivity contribution is -0.152. The molecule has 1 aromatic heterocycles. The fraction of sp³-hybridized carbons (Fsp3) is 0.656. The van der Waals surface area contributed by atoms with Crippen LogP contribution in [0.25, 0.3) is 0 Å². The van der Waals surface area contributed by atoms with E-state index < -0.39 is 53.9 Å². The molecule has 0 unspecified atom stereocenters. The minimum atomic E-state index is -0.894. The van der Waals surface area contributed by atoms with Gasteiger partial charge in [-0.3, -0.25) is 48.5 Å². The van der Waals surface area contributed by atoms with E-state index in [1.165, 1.54) is 42.7 Å². The summed E-state index contributed by atoms with van der Waals surface area (Å²) in [5.74, 6) is -3.17. The Bertz CT molecular complexity index is 1180. The summed E-state index contributed by atoms with van der Waals surface area (Å²) in [5.41, 5.74) is 1.21. The van der Waals surface area contributed by atoms with Gasteiger partial charge in [-0.25, -0.2) is 0 Å². The molecule has 0 radical (unpaired) electrons. The van der Waals surface area contributed by atoms with Crippen molar-refractivity contribution in [3.8, 4) is 0 Å². The van der Waals surface area contributed by atoms with E-state index in [-0.39, 0.29) is 77.8 Å². The summed E-state index contributed by atoms with van der Waals surface area (Å²) >= 11 is 0. The third kappa shape index (κ3) is 12.5. The lowest BCUT2D eigenvalue weighted by atomic mass is 10.1. The molecule has 0 fully saturated rings. The largest absolute Gasteiger partial charge is 0.469 e. The summed E-state index contributed by atoms with van der Waals surface area (Å²) in [4.78, 5) is 85.8. The van der Waals surface area contributed by atoms with Crippen LogP contribution in [0.4, 0.5) is 0 Å². The monoisotopic (exact) mass is 680 g/mol. The molecule has 2 rings (SSSR count). The van der Waals surface area contributed by atoms with Gasteiger partial charge in [-0.05, 0) is 31.4 Å². The van der Waals surface area contributed by atoms with Crippen molar-refractivity contribution in [2.75, 3.05) is 68.8 Å². The van der Waals surface area contributed by atoms with Crippen molar-refractivity contribution in [1.82, 2.24) is 19.7 Å². The Labute approximate surface area is 280 Å². The SMILES string of the molecule is COC(=O)CC[C@H](C(=O)OC)N1CCN([C@H](CCC(=O)OC)C(=O)OC)Cc2cccc(n2)CN([C@H](CCC(=O)OC)C(=O)OC)CC1. The van der Waals surface area contributed by atoms with Crippen LogP contribution in [0.1, 0.15) is 49.9 Å². The van der Waals surface area contributed by atoms with Gasteiger partial charge in [0, 0.05) is 58.5 Å². The Morgan fingerprint density at radius 3 is 1.17 bits per heavy atom. The zero-order valence-corrected chi connectivity index (χ0v) is 28.6. The Balaban J connectivity index is 2.63. The highest BCUT2D eigenvalue weighted by Crippen LogP contribution is 2.20. The van der Waals surface area contributed by atoms with E-state index in [2.05, 4.69) is 0 Å². The molecule has 2 bridgehead atoms. The molecule has 16 nitrogen and oxygen atoms in total.